The molecule has 0 aliphatic rings. The zero-order valence-electron chi connectivity index (χ0n) is 9.30. The van der Waals surface area contributed by atoms with Gasteiger partial charge in [-0.15, -0.1) is 0 Å². The number of carbonyl (C=O) groups is 1. The number of allylic oxidation sites excluding steroid dienone is 1. The van der Waals surface area contributed by atoms with Crippen molar-refractivity contribution in [1.29, 1.82) is 0 Å². The Morgan fingerprint density at radius 1 is 1.44 bits per heavy atom. The summed E-state index contributed by atoms with van der Waals surface area (Å²) in [6, 6.07) is 9.69. The summed E-state index contributed by atoms with van der Waals surface area (Å²) in [7, 11) is 0. The fourth-order valence-electron chi connectivity index (χ4n) is 1.19. The van der Waals surface area contributed by atoms with Crippen molar-refractivity contribution in [3.05, 3.63) is 48.0 Å². The van der Waals surface area contributed by atoms with Crippen LogP contribution >= 0.6 is 0 Å². The summed E-state index contributed by atoms with van der Waals surface area (Å²) in [5.74, 6) is -0.0539. The van der Waals surface area contributed by atoms with Crippen LogP contribution in [0.1, 0.15) is 12.5 Å². The zero-order chi connectivity index (χ0) is 11.8. The summed E-state index contributed by atoms with van der Waals surface area (Å²) in [6.07, 6.45) is 2.56. The number of hydrogen-bond donors (Lipinski definition) is 1. The van der Waals surface area contributed by atoms with Crippen LogP contribution in [-0.4, -0.2) is 23.6 Å². The molecular weight excluding hydrogens is 204 g/mol. The largest absolute Gasteiger partial charge is 0.393 e. The highest BCUT2D eigenvalue weighted by atomic mass is 16.5. The van der Waals surface area contributed by atoms with Crippen molar-refractivity contribution < 1.29 is 14.6 Å². The SMILES string of the molecule is CC(=O)/C=C/[C@@H](CO)OCc1ccccc1. The lowest BCUT2D eigenvalue weighted by atomic mass is 10.2. The van der Waals surface area contributed by atoms with Crippen molar-refractivity contribution in [1.82, 2.24) is 0 Å². The van der Waals surface area contributed by atoms with Crippen molar-refractivity contribution in [3.8, 4) is 0 Å². The van der Waals surface area contributed by atoms with Gasteiger partial charge in [-0.25, -0.2) is 0 Å². The van der Waals surface area contributed by atoms with Gasteiger partial charge in [0.2, 0.25) is 0 Å². The summed E-state index contributed by atoms with van der Waals surface area (Å²) >= 11 is 0. The van der Waals surface area contributed by atoms with E-state index < -0.39 is 6.10 Å². The van der Waals surface area contributed by atoms with E-state index >= 15 is 0 Å². The summed E-state index contributed by atoms with van der Waals surface area (Å²) in [4.78, 5) is 10.7. The van der Waals surface area contributed by atoms with Crippen molar-refractivity contribution in [2.45, 2.75) is 19.6 Å². The van der Waals surface area contributed by atoms with Gasteiger partial charge in [-0.1, -0.05) is 36.4 Å². The molecule has 1 N–H and O–H groups in total. The number of carbonyl (C=O) groups excluding carboxylic acids is 1. The highest BCUT2D eigenvalue weighted by Crippen LogP contribution is 2.04. The highest BCUT2D eigenvalue weighted by molar-refractivity contribution is 5.87. The van der Waals surface area contributed by atoms with Crippen LogP contribution in [-0.2, 0) is 16.1 Å². The van der Waals surface area contributed by atoms with Crippen LogP contribution in [0, 0.1) is 0 Å². The van der Waals surface area contributed by atoms with E-state index in [4.69, 9.17) is 9.84 Å². The normalized spacial score (nSPS) is 12.9. The Balaban J connectivity index is 2.43. The van der Waals surface area contributed by atoms with Gasteiger partial charge in [-0.2, -0.15) is 0 Å². The van der Waals surface area contributed by atoms with Gasteiger partial charge < -0.3 is 9.84 Å². The summed E-state index contributed by atoms with van der Waals surface area (Å²) in [5.41, 5.74) is 1.04. The van der Waals surface area contributed by atoms with Crippen LogP contribution in [0.4, 0.5) is 0 Å². The third-order valence-electron chi connectivity index (χ3n) is 2.03. The Hall–Kier alpha value is -1.45. The second-order valence-corrected chi connectivity index (χ2v) is 3.49. The minimum atomic E-state index is -0.427. The Kier molecular flexibility index (Phi) is 5.46. The van der Waals surface area contributed by atoms with Crippen molar-refractivity contribution in [2.75, 3.05) is 6.61 Å². The standard InChI is InChI=1S/C13H16O3/c1-11(15)7-8-13(9-14)16-10-12-5-3-2-4-6-12/h2-8,13-14H,9-10H2,1H3/b8-7+/t13-/m0/s1. The summed E-state index contributed by atoms with van der Waals surface area (Å²) in [5, 5.41) is 9.03. The molecule has 0 saturated heterocycles. The van der Waals surface area contributed by atoms with E-state index in [0.717, 1.165) is 5.56 Å². The molecule has 1 aromatic carbocycles. The lowest BCUT2D eigenvalue weighted by Gasteiger charge is -2.10. The molecular formula is C13H16O3. The lowest BCUT2D eigenvalue weighted by Crippen LogP contribution is -2.14. The average molecular weight is 220 g/mol. The molecule has 0 aliphatic heterocycles. The Bertz CT molecular complexity index is 343. The lowest BCUT2D eigenvalue weighted by molar-refractivity contribution is -0.112. The summed E-state index contributed by atoms with van der Waals surface area (Å²) in [6.45, 7) is 1.76. The van der Waals surface area contributed by atoms with Crippen LogP contribution in [0.3, 0.4) is 0 Å². The van der Waals surface area contributed by atoms with Gasteiger partial charge in [-0.3, -0.25) is 4.79 Å². The minimum absolute atomic E-state index is 0.0539. The molecule has 3 heteroatoms. The molecule has 0 spiro atoms. The number of aliphatic hydroxyl groups excluding tert-OH is 1. The van der Waals surface area contributed by atoms with Gasteiger partial charge in [0.05, 0.1) is 19.3 Å². The number of ether oxygens (including phenoxy) is 1. The Morgan fingerprint density at radius 2 is 2.12 bits per heavy atom. The smallest absolute Gasteiger partial charge is 0.152 e. The van der Waals surface area contributed by atoms with E-state index in [2.05, 4.69) is 0 Å². The molecule has 0 fully saturated rings. The maximum Gasteiger partial charge on any atom is 0.152 e. The molecule has 0 amide bonds. The van der Waals surface area contributed by atoms with Crippen molar-refractivity contribution in [3.63, 3.8) is 0 Å². The van der Waals surface area contributed by atoms with E-state index in [1.165, 1.54) is 13.0 Å². The second-order valence-electron chi connectivity index (χ2n) is 3.49. The van der Waals surface area contributed by atoms with E-state index in [-0.39, 0.29) is 12.4 Å². The summed E-state index contributed by atoms with van der Waals surface area (Å²) < 4.78 is 5.44. The molecule has 3 nitrogen and oxygen atoms in total. The Labute approximate surface area is 95.4 Å². The molecule has 0 aromatic heterocycles. The van der Waals surface area contributed by atoms with Gasteiger partial charge in [0.15, 0.2) is 5.78 Å². The first-order chi connectivity index (χ1) is 7.72. The Morgan fingerprint density at radius 3 is 2.69 bits per heavy atom. The molecule has 0 bridgehead atoms. The molecule has 1 atom stereocenters. The zero-order valence-corrected chi connectivity index (χ0v) is 9.30. The number of rotatable bonds is 6. The minimum Gasteiger partial charge on any atom is -0.393 e. The number of aliphatic hydroxyl groups is 1. The van der Waals surface area contributed by atoms with Gasteiger partial charge in [-0.05, 0) is 18.6 Å². The predicted octanol–water partition coefficient (Wildman–Crippen LogP) is 1.71. The van der Waals surface area contributed by atoms with Gasteiger partial charge in [0.25, 0.3) is 0 Å². The van der Waals surface area contributed by atoms with Crippen molar-refractivity contribution >= 4 is 5.78 Å². The fourth-order valence-corrected chi connectivity index (χ4v) is 1.19. The first kappa shape index (κ1) is 12.6. The first-order valence-corrected chi connectivity index (χ1v) is 5.17. The maximum atomic E-state index is 10.7. The molecule has 0 saturated carbocycles. The number of benzene rings is 1. The number of hydrogen-bond acceptors (Lipinski definition) is 3. The third-order valence-corrected chi connectivity index (χ3v) is 2.03. The van der Waals surface area contributed by atoms with Crippen LogP contribution in [0.5, 0.6) is 0 Å². The molecule has 0 heterocycles. The first-order valence-electron chi connectivity index (χ1n) is 5.17. The quantitative estimate of drug-likeness (QED) is 0.742. The van der Waals surface area contributed by atoms with Gasteiger partial charge in [0.1, 0.15) is 0 Å². The van der Waals surface area contributed by atoms with Gasteiger partial charge >= 0.3 is 0 Å². The molecule has 0 unspecified atom stereocenters. The fraction of sp³-hybridized carbons (Fsp3) is 0.308. The predicted molar refractivity (Wildman–Crippen MR) is 61.9 cm³/mol. The molecule has 0 radical (unpaired) electrons. The molecule has 1 aromatic rings. The van der Waals surface area contributed by atoms with E-state index in [9.17, 15) is 4.79 Å². The van der Waals surface area contributed by atoms with Crippen LogP contribution in [0.2, 0.25) is 0 Å². The van der Waals surface area contributed by atoms with E-state index in [0.29, 0.717) is 6.61 Å². The maximum absolute atomic E-state index is 10.7. The van der Waals surface area contributed by atoms with Crippen LogP contribution in [0.25, 0.3) is 0 Å². The third kappa shape index (κ3) is 4.87. The van der Waals surface area contributed by atoms with E-state index in [1.807, 2.05) is 30.3 Å². The van der Waals surface area contributed by atoms with Crippen LogP contribution in [0.15, 0.2) is 42.5 Å². The van der Waals surface area contributed by atoms with Crippen LogP contribution < -0.4 is 0 Å². The topological polar surface area (TPSA) is 46.5 Å². The molecule has 16 heavy (non-hydrogen) atoms. The molecule has 86 valence electrons. The van der Waals surface area contributed by atoms with E-state index in [1.54, 1.807) is 6.08 Å². The highest BCUT2D eigenvalue weighted by Gasteiger charge is 2.03. The average Bonchev–Trinajstić information content (AvgIpc) is 2.30. The van der Waals surface area contributed by atoms with Crippen molar-refractivity contribution in [2.24, 2.45) is 0 Å². The monoisotopic (exact) mass is 220 g/mol. The van der Waals surface area contributed by atoms with Gasteiger partial charge in [0, 0.05) is 0 Å². The molecule has 1 rings (SSSR count). The number of ketones is 1. The second kappa shape index (κ2) is 6.93. The molecule has 0 aliphatic carbocycles.